The lowest BCUT2D eigenvalue weighted by molar-refractivity contribution is 0.00463. The van der Waals surface area contributed by atoms with Crippen LogP contribution in [0.25, 0.3) is 0 Å². The maximum atomic E-state index is 7.09. The smallest absolute Gasteiger partial charge is 0.261 e. The summed E-state index contributed by atoms with van der Waals surface area (Å²) in [6, 6.07) is 21.9. The first-order valence-corrected chi connectivity index (χ1v) is 14.7. The van der Waals surface area contributed by atoms with E-state index < -0.39 is 8.32 Å². The van der Waals surface area contributed by atoms with E-state index in [1.54, 1.807) is 0 Å². The predicted octanol–water partition coefficient (Wildman–Crippen LogP) is 6.74. The molecular weight excluding hydrogens is 420 g/mol. The van der Waals surface area contributed by atoms with Gasteiger partial charge in [-0.25, -0.2) is 0 Å². The van der Waals surface area contributed by atoms with Crippen molar-refractivity contribution in [2.24, 2.45) is 11.8 Å². The van der Waals surface area contributed by atoms with Crippen molar-refractivity contribution in [2.45, 2.75) is 84.0 Å². The van der Waals surface area contributed by atoms with Crippen molar-refractivity contribution >= 4 is 18.7 Å². The van der Waals surface area contributed by atoms with Gasteiger partial charge in [-0.2, -0.15) is 0 Å². The SMILES string of the molecule is C=C[C@H](C)CC[C@H]1CC[C@@H]([C@H](C)CCO[Si](c2ccccc2)(c2ccccc2)C(C)(C)C)O1. The Balaban J connectivity index is 1.69. The van der Waals surface area contributed by atoms with E-state index in [9.17, 15) is 0 Å². The van der Waals surface area contributed by atoms with E-state index in [2.05, 4.69) is 108 Å². The molecule has 2 aromatic rings. The number of hydrogen-bond donors (Lipinski definition) is 0. The Hall–Kier alpha value is -1.68. The molecule has 0 unspecified atom stereocenters. The van der Waals surface area contributed by atoms with Crippen molar-refractivity contribution in [3.05, 3.63) is 73.3 Å². The zero-order valence-corrected chi connectivity index (χ0v) is 22.4. The van der Waals surface area contributed by atoms with Crippen molar-refractivity contribution < 1.29 is 9.16 Å². The average Bonchev–Trinajstić information content (AvgIpc) is 3.30. The van der Waals surface area contributed by atoms with E-state index in [4.69, 9.17) is 9.16 Å². The molecule has 1 saturated heterocycles. The maximum absolute atomic E-state index is 7.09. The predicted molar refractivity (Wildman–Crippen MR) is 144 cm³/mol. The number of rotatable bonds is 11. The van der Waals surface area contributed by atoms with Crippen molar-refractivity contribution in [1.82, 2.24) is 0 Å². The molecule has 3 rings (SSSR count). The second kappa shape index (κ2) is 11.6. The molecule has 1 aliphatic rings. The molecule has 1 heterocycles. The Morgan fingerprint density at radius 3 is 2.06 bits per heavy atom. The molecule has 33 heavy (non-hydrogen) atoms. The fraction of sp³-hybridized carbons (Fsp3) is 0.533. The van der Waals surface area contributed by atoms with Crippen molar-refractivity contribution in [3.63, 3.8) is 0 Å². The van der Waals surface area contributed by atoms with Crippen LogP contribution in [0.1, 0.15) is 66.7 Å². The zero-order chi connectivity index (χ0) is 23.9. The van der Waals surface area contributed by atoms with Gasteiger partial charge in [0.2, 0.25) is 0 Å². The lowest BCUT2D eigenvalue weighted by Crippen LogP contribution is -2.66. The quantitative estimate of drug-likeness (QED) is 0.271. The van der Waals surface area contributed by atoms with Crippen LogP contribution in [0.3, 0.4) is 0 Å². The summed E-state index contributed by atoms with van der Waals surface area (Å²) in [4.78, 5) is 0. The highest BCUT2D eigenvalue weighted by Gasteiger charge is 2.50. The third-order valence-electron chi connectivity index (χ3n) is 7.43. The molecule has 0 spiro atoms. The van der Waals surface area contributed by atoms with Crippen LogP contribution in [-0.4, -0.2) is 27.1 Å². The van der Waals surface area contributed by atoms with Gasteiger partial charge < -0.3 is 9.16 Å². The lowest BCUT2D eigenvalue weighted by Gasteiger charge is -2.43. The standard InChI is InChI=1S/C30H44O2Si/c1-7-24(2)18-19-26-20-21-29(32-26)25(3)22-23-31-33(30(4,5)6,27-14-10-8-11-15-27)28-16-12-9-13-17-28/h7-17,24-26,29H,1,18-23H2,2-6H3/t24-,25+,26-,29-/m0/s1. The van der Waals surface area contributed by atoms with E-state index >= 15 is 0 Å². The molecule has 0 aromatic heterocycles. The summed E-state index contributed by atoms with van der Waals surface area (Å²) in [6.07, 6.45) is 8.54. The maximum Gasteiger partial charge on any atom is 0.261 e. The third-order valence-corrected chi connectivity index (χ3v) is 12.5. The summed E-state index contributed by atoms with van der Waals surface area (Å²) >= 11 is 0. The van der Waals surface area contributed by atoms with E-state index in [0.717, 1.165) is 19.4 Å². The van der Waals surface area contributed by atoms with Gasteiger partial charge in [-0.3, -0.25) is 0 Å². The van der Waals surface area contributed by atoms with Gasteiger partial charge in [-0.15, -0.1) is 6.58 Å². The van der Waals surface area contributed by atoms with Crippen LogP contribution < -0.4 is 10.4 Å². The Kier molecular flexibility index (Phi) is 9.15. The number of hydrogen-bond acceptors (Lipinski definition) is 2. The Morgan fingerprint density at radius 2 is 1.55 bits per heavy atom. The van der Waals surface area contributed by atoms with Gasteiger partial charge in [-0.1, -0.05) is 101 Å². The molecule has 0 radical (unpaired) electrons. The van der Waals surface area contributed by atoms with E-state index in [1.165, 1.54) is 29.6 Å². The molecule has 180 valence electrons. The normalized spacial score (nSPS) is 21.0. The second-order valence-electron chi connectivity index (χ2n) is 10.9. The van der Waals surface area contributed by atoms with Gasteiger partial charge in [-0.05, 0) is 59.4 Å². The van der Waals surface area contributed by atoms with Crippen LogP contribution in [0.15, 0.2) is 73.3 Å². The number of ether oxygens (including phenoxy) is 1. The summed E-state index contributed by atoms with van der Waals surface area (Å²) in [5.41, 5.74) is 0. The van der Waals surface area contributed by atoms with Gasteiger partial charge >= 0.3 is 0 Å². The molecule has 1 aliphatic heterocycles. The minimum absolute atomic E-state index is 0.0236. The largest absolute Gasteiger partial charge is 0.407 e. The molecule has 0 amide bonds. The molecule has 0 saturated carbocycles. The van der Waals surface area contributed by atoms with Gasteiger partial charge in [0, 0.05) is 6.61 Å². The van der Waals surface area contributed by atoms with Crippen LogP contribution in [0.4, 0.5) is 0 Å². The topological polar surface area (TPSA) is 18.5 Å². The summed E-state index contributed by atoms with van der Waals surface area (Å²) in [7, 11) is -2.45. The third kappa shape index (κ3) is 6.26. The Bertz CT molecular complexity index is 803. The van der Waals surface area contributed by atoms with E-state index in [-0.39, 0.29) is 5.04 Å². The van der Waals surface area contributed by atoms with Crippen LogP contribution in [0.2, 0.25) is 5.04 Å². The van der Waals surface area contributed by atoms with Gasteiger partial charge in [0.05, 0.1) is 12.2 Å². The fourth-order valence-electron chi connectivity index (χ4n) is 5.28. The highest BCUT2D eigenvalue weighted by Crippen LogP contribution is 2.37. The Morgan fingerprint density at radius 1 is 0.970 bits per heavy atom. The molecule has 3 heteroatoms. The first-order valence-electron chi connectivity index (χ1n) is 12.8. The number of allylic oxidation sites excluding steroid dienone is 1. The number of benzene rings is 2. The van der Waals surface area contributed by atoms with Gasteiger partial charge in [0.15, 0.2) is 0 Å². The minimum atomic E-state index is -2.45. The summed E-state index contributed by atoms with van der Waals surface area (Å²) in [5.74, 6) is 1.08. The van der Waals surface area contributed by atoms with Crippen molar-refractivity contribution in [2.75, 3.05) is 6.61 Å². The first kappa shape index (κ1) is 25.9. The molecule has 0 aliphatic carbocycles. The van der Waals surface area contributed by atoms with Crippen LogP contribution >= 0.6 is 0 Å². The lowest BCUT2D eigenvalue weighted by atomic mass is 9.98. The minimum Gasteiger partial charge on any atom is -0.407 e. The van der Waals surface area contributed by atoms with E-state index in [1.807, 2.05) is 0 Å². The zero-order valence-electron chi connectivity index (χ0n) is 21.4. The summed E-state index contributed by atoms with van der Waals surface area (Å²) in [6.45, 7) is 16.3. The van der Waals surface area contributed by atoms with Crippen molar-refractivity contribution in [3.8, 4) is 0 Å². The molecular formula is C30H44O2Si. The highest BCUT2D eigenvalue weighted by atomic mass is 28.4. The molecule has 2 aromatic carbocycles. The van der Waals surface area contributed by atoms with E-state index in [0.29, 0.717) is 24.0 Å². The Labute approximate surface area is 203 Å². The second-order valence-corrected chi connectivity index (χ2v) is 15.2. The molecule has 4 atom stereocenters. The van der Waals surface area contributed by atoms with Crippen LogP contribution in [0, 0.1) is 11.8 Å². The molecule has 0 N–H and O–H groups in total. The van der Waals surface area contributed by atoms with Crippen LogP contribution in [0.5, 0.6) is 0 Å². The van der Waals surface area contributed by atoms with Crippen molar-refractivity contribution in [1.29, 1.82) is 0 Å². The molecule has 1 fully saturated rings. The fourth-order valence-corrected chi connectivity index (χ4v) is 9.86. The first-order chi connectivity index (χ1) is 15.8. The molecule has 0 bridgehead atoms. The summed E-state index contributed by atoms with van der Waals surface area (Å²) in [5, 5.41) is 2.73. The van der Waals surface area contributed by atoms with Gasteiger partial charge in [0.25, 0.3) is 8.32 Å². The van der Waals surface area contributed by atoms with Crippen LogP contribution in [-0.2, 0) is 9.16 Å². The van der Waals surface area contributed by atoms with Gasteiger partial charge in [0.1, 0.15) is 0 Å². The molecule has 2 nitrogen and oxygen atoms in total. The monoisotopic (exact) mass is 464 g/mol. The summed E-state index contributed by atoms with van der Waals surface area (Å²) < 4.78 is 13.5. The highest BCUT2D eigenvalue weighted by molar-refractivity contribution is 6.99. The average molecular weight is 465 g/mol.